The minimum absolute atomic E-state index is 0.285. The minimum atomic E-state index is -0.330. The van der Waals surface area contributed by atoms with Gasteiger partial charge in [-0.3, -0.25) is 9.59 Å². The highest BCUT2D eigenvalue weighted by Crippen LogP contribution is 2.26. The van der Waals surface area contributed by atoms with Gasteiger partial charge in [-0.05, 0) is 24.3 Å². The Morgan fingerprint density at radius 1 is 0.600 bits per heavy atom. The number of benzene rings is 2. The van der Waals surface area contributed by atoms with Crippen molar-refractivity contribution in [2.75, 3.05) is 28.4 Å². The predicted molar refractivity (Wildman–Crippen MR) is 92.4 cm³/mol. The zero-order valence-corrected chi connectivity index (χ0v) is 14.6. The fourth-order valence-corrected chi connectivity index (χ4v) is 2.29. The summed E-state index contributed by atoms with van der Waals surface area (Å²) in [4.78, 5) is 25.0. The van der Waals surface area contributed by atoms with Crippen LogP contribution < -0.4 is 18.9 Å². The van der Waals surface area contributed by atoms with Gasteiger partial charge in [0.05, 0.1) is 34.9 Å². The number of carbonyl (C=O) groups is 2. The molecule has 2 rings (SSSR count). The van der Waals surface area contributed by atoms with Crippen molar-refractivity contribution in [3.63, 3.8) is 0 Å². The molecular weight excluding hydrogens is 324 g/mol. The normalized spacial score (nSPS) is 10.1. The summed E-state index contributed by atoms with van der Waals surface area (Å²) in [6.45, 7) is 0. The lowest BCUT2D eigenvalue weighted by molar-refractivity contribution is 0.0893. The fraction of sp³-hybridized carbons (Fsp3) is 0.263. The number of Topliss-reactive ketones (excluding diaryl/α,β-unsaturated/α-hetero) is 2. The summed E-state index contributed by atoms with van der Waals surface area (Å²) in [5, 5.41) is 0. The Morgan fingerprint density at radius 2 is 0.880 bits per heavy atom. The molecule has 0 bridgehead atoms. The Balaban J connectivity index is 2.24. The fourth-order valence-electron chi connectivity index (χ4n) is 2.29. The smallest absolute Gasteiger partial charge is 0.170 e. The van der Waals surface area contributed by atoms with Crippen LogP contribution in [0, 0.1) is 0 Å². The molecule has 0 amide bonds. The highest BCUT2D eigenvalue weighted by atomic mass is 16.5. The largest absolute Gasteiger partial charge is 0.497 e. The maximum atomic E-state index is 12.5. The predicted octanol–water partition coefficient (Wildman–Crippen LogP) is 3.18. The van der Waals surface area contributed by atoms with Gasteiger partial charge in [0.15, 0.2) is 11.6 Å². The third kappa shape index (κ3) is 4.50. The molecule has 0 radical (unpaired) electrons. The molecule has 6 nitrogen and oxygen atoms in total. The second-order valence-corrected chi connectivity index (χ2v) is 5.23. The van der Waals surface area contributed by atoms with Gasteiger partial charge in [0.1, 0.15) is 23.0 Å². The van der Waals surface area contributed by atoms with Gasteiger partial charge in [-0.2, -0.15) is 0 Å². The highest BCUT2D eigenvalue weighted by Gasteiger charge is 2.17. The number of carbonyl (C=O) groups excluding carboxylic acids is 2. The molecule has 2 aromatic carbocycles. The summed E-state index contributed by atoms with van der Waals surface area (Å²) < 4.78 is 20.6. The van der Waals surface area contributed by atoms with E-state index in [4.69, 9.17) is 18.9 Å². The van der Waals surface area contributed by atoms with Crippen molar-refractivity contribution in [1.82, 2.24) is 0 Å². The van der Waals surface area contributed by atoms with E-state index in [1.54, 1.807) is 36.4 Å². The van der Waals surface area contributed by atoms with Crippen LogP contribution in [-0.2, 0) is 0 Å². The Morgan fingerprint density at radius 3 is 1.12 bits per heavy atom. The van der Waals surface area contributed by atoms with Crippen LogP contribution >= 0.6 is 0 Å². The van der Waals surface area contributed by atoms with Crippen LogP contribution in [0.25, 0.3) is 0 Å². The zero-order chi connectivity index (χ0) is 18.4. The number of hydrogen-bond donors (Lipinski definition) is 0. The molecule has 25 heavy (non-hydrogen) atoms. The van der Waals surface area contributed by atoms with E-state index < -0.39 is 0 Å². The van der Waals surface area contributed by atoms with Gasteiger partial charge in [-0.1, -0.05) is 0 Å². The molecule has 2 aromatic rings. The van der Waals surface area contributed by atoms with Crippen LogP contribution in [0.3, 0.4) is 0 Å². The molecule has 0 aliphatic carbocycles. The molecular formula is C19H20O6. The summed E-state index contributed by atoms with van der Waals surface area (Å²) >= 11 is 0. The molecule has 0 fully saturated rings. The first kappa shape index (κ1) is 18.3. The number of rotatable bonds is 8. The quantitative estimate of drug-likeness (QED) is 0.541. The van der Waals surface area contributed by atoms with E-state index >= 15 is 0 Å². The van der Waals surface area contributed by atoms with Crippen molar-refractivity contribution < 1.29 is 28.5 Å². The first-order chi connectivity index (χ1) is 12.0. The van der Waals surface area contributed by atoms with Crippen LogP contribution in [0.5, 0.6) is 23.0 Å². The molecule has 0 unspecified atom stereocenters. The van der Waals surface area contributed by atoms with E-state index in [2.05, 4.69) is 0 Å². The average molecular weight is 344 g/mol. The van der Waals surface area contributed by atoms with E-state index in [0.717, 1.165) is 0 Å². The zero-order valence-electron chi connectivity index (χ0n) is 14.6. The van der Waals surface area contributed by atoms with Gasteiger partial charge in [-0.25, -0.2) is 0 Å². The van der Waals surface area contributed by atoms with Crippen molar-refractivity contribution in [1.29, 1.82) is 0 Å². The van der Waals surface area contributed by atoms with E-state index in [9.17, 15) is 9.59 Å². The lowest BCUT2D eigenvalue weighted by Gasteiger charge is -2.09. The average Bonchev–Trinajstić information content (AvgIpc) is 2.66. The van der Waals surface area contributed by atoms with Crippen molar-refractivity contribution in [3.05, 3.63) is 47.5 Å². The van der Waals surface area contributed by atoms with Crippen LogP contribution in [0.15, 0.2) is 36.4 Å². The van der Waals surface area contributed by atoms with Crippen molar-refractivity contribution in [3.8, 4) is 23.0 Å². The maximum absolute atomic E-state index is 12.5. The summed E-state index contributed by atoms with van der Waals surface area (Å²) in [6, 6.07) is 9.61. The maximum Gasteiger partial charge on any atom is 0.170 e. The molecule has 6 heteroatoms. The summed E-state index contributed by atoms with van der Waals surface area (Å²) in [5.41, 5.74) is 0.693. The third-order valence-corrected chi connectivity index (χ3v) is 3.67. The van der Waals surface area contributed by atoms with Gasteiger partial charge < -0.3 is 18.9 Å². The molecule has 0 spiro atoms. The lowest BCUT2D eigenvalue weighted by atomic mass is 10.0. The molecule has 0 heterocycles. The molecule has 0 atom stereocenters. The van der Waals surface area contributed by atoms with Gasteiger partial charge in [0.2, 0.25) is 0 Å². The second kappa shape index (κ2) is 8.19. The van der Waals surface area contributed by atoms with Gasteiger partial charge in [-0.15, -0.1) is 0 Å². The molecule has 0 saturated heterocycles. The van der Waals surface area contributed by atoms with Crippen LogP contribution in [0.4, 0.5) is 0 Å². The molecule has 0 saturated carbocycles. The van der Waals surface area contributed by atoms with Crippen molar-refractivity contribution in [2.45, 2.75) is 6.42 Å². The summed E-state index contributed by atoms with van der Waals surface area (Å²) in [7, 11) is 5.99. The monoisotopic (exact) mass is 344 g/mol. The van der Waals surface area contributed by atoms with Crippen LogP contribution in [-0.4, -0.2) is 40.0 Å². The van der Waals surface area contributed by atoms with Crippen molar-refractivity contribution in [2.24, 2.45) is 0 Å². The van der Waals surface area contributed by atoms with Crippen molar-refractivity contribution >= 4 is 11.6 Å². The van der Waals surface area contributed by atoms with Gasteiger partial charge in [0, 0.05) is 23.3 Å². The van der Waals surface area contributed by atoms with Gasteiger partial charge in [0.25, 0.3) is 0 Å². The third-order valence-electron chi connectivity index (χ3n) is 3.67. The number of ether oxygens (including phenoxy) is 4. The number of methoxy groups -OCH3 is 4. The molecule has 0 N–H and O–H groups in total. The summed E-state index contributed by atoms with van der Waals surface area (Å²) in [6.07, 6.45) is -0.285. The summed E-state index contributed by atoms with van der Waals surface area (Å²) in [5.74, 6) is 1.28. The Bertz CT molecular complexity index is 671. The van der Waals surface area contributed by atoms with Gasteiger partial charge >= 0.3 is 0 Å². The molecule has 0 aromatic heterocycles. The first-order valence-corrected chi connectivity index (χ1v) is 7.53. The lowest BCUT2D eigenvalue weighted by Crippen LogP contribution is -2.09. The first-order valence-electron chi connectivity index (χ1n) is 7.53. The van der Waals surface area contributed by atoms with E-state index in [1.165, 1.54) is 28.4 Å². The molecule has 0 aliphatic rings. The van der Waals surface area contributed by atoms with E-state index in [1.807, 2.05) is 0 Å². The minimum Gasteiger partial charge on any atom is -0.497 e. The SMILES string of the molecule is COc1cc(OC)cc(C(=O)CC(=O)c2cc(OC)cc(OC)c2)c1. The molecule has 132 valence electrons. The Labute approximate surface area is 146 Å². The molecule has 0 aliphatic heterocycles. The van der Waals surface area contributed by atoms with E-state index in [-0.39, 0.29) is 18.0 Å². The second-order valence-electron chi connectivity index (χ2n) is 5.23. The number of ketones is 2. The topological polar surface area (TPSA) is 71.1 Å². The Kier molecular flexibility index (Phi) is 6.00. The van der Waals surface area contributed by atoms with Crippen LogP contribution in [0.2, 0.25) is 0 Å². The highest BCUT2D eigenvalue weighted by molar-refractivity contribution is 6.14. The van der Waals surface area contributed by atoms with E-state index in [0.29, 0.717) is 34.1 Å². The standard InChI is InChI=1S/C19H20O6/c1-22-14-5-12(6-15(9-14)23-2)18(20)11-19(21)13-7-16(24-3)10-17(8-13)25-4/h5-10H,11H2,1-4H3. The Hall–Kier alpha value is -3.02. The van der Waals surface area contributed by atoms with Crippen LogP contribution in [0.1, 0.15) is 27.1 Å². The number of hydrogen-bond acceptors (Lipinski definition) is 6.